The number of amides is 1. The third-order valence-electron chi connectivity index (χ3n) is 2.67. The second-order valence-electron chi connectivity index (χ2n) is 5.78. The Morgan fingerprint density at radius 3 is 2.67 bits per heavy atom. The Hall–Kier alpha value is -2.43. The van der Waals surface area contributed by atoms with Gasteiger partial charge in [-0.2, -0.15) is 0 Å². The lowest BCUT2D eigenvalue weighted by atomic mass is 10.2. The first-order chi connectivity index (χ1) is 9.92. The predicted octanol–water partition coefficient (Wildman–Crippen LogP) is 3.97. The molecule has 1 amide bonds. The van der Waals surface area contributed by atoms with E-state index in [0.29, 0.717) is 5.69 Å². The zero-order chi connectivity index (χ0) is 15.3. The Bertz CT molecular complexity index is 586. The molecule has 5 nitrogen and oxygen atoms in total. The Morgan fingerprint density at radius 2 is 2.00 bits per heavy atom. The number of aromatic nitrogens is 1. The zero-order valence-corrected chi connectivity index (χ0v) is 12.6. The van der Waals surface area contributed by atoms with E-state index in [2.05, 4.69) is 15.6 Å². The summed E-state index contributed by atoms with van der Waals surface area (Å²) in [6, 6.07) is 9.54. The first-order valence-electron chi connectivity index (χ1n) is 6.88. The van der Waals surface area contributed by atoms with Crippen LogP contribution in [0.3, 0.4) is 0 Å². The molecule has 21 heavy (non-hydrogen) atoms. The molecule has 2 rings (SSSR count). The lowest BCUT2D eigenvalue weighted by molar-refractivity contribution is 0.0636. The van der Waals surface area contributed by atoms with Crippen molar-refractivity contribution in [1.82, 2.24) is 4.98 Å². The molecule has 0 bridgehead atoms. The van der Waals surface area contributed by atoms with Crippen LogP contribution >= 0.6 is 0 Å². The maximum Gasteiger partial charge on any atom is 0.412 e. The highest BCUT2D eigenvalue weighted by Gasteiger charge is 2.16. The number of carbonyl (C=O) groups excluding carboxylic acids is 1. The predicted molar refractivity (Wildman–Crippen MR) is 84.4 cm³/mol. The van der Waals surface area contributed by atoms with E-state index in [-0.39, 0.29) is 0 Å². The van der Waals surface area contributed by atoms with Gasteiger partial charge in [0.15, 0.2) is 0 Å². The van der Waals surface area contributed by atoms with E-state index in [4.69, 9.17) is 4.74 Å². The first kappa shape index (κ1) is 15.0. The van der Waals surface area contributed by atoms with Gasteiger partial charge in [0.05, 0.1) is 0 Å². The number of hydrogen-bond donors (Lipinski definition) is 3. The number of anilines is 2. The summed E-state index contributed by atoms with van der Waals surface area (Å²) >= 11 is 0. The Labute approximate surface area is 124 Å². The fraction of sp³-hybridized carbons (Fsp3) is 0.312. The Balaban J connectivity index is 1.92. The fourth-order valence-electron chi connectivity index (χ4n) is 1.80. The quantitative estimate of drug-likeness (QED) is 0.797. The monoisotopic (exact) mass is 287 g/mol. The van der Waals surface area contributed by atoms with Crippen LogP contribution < -0.4 is 10.6 Å². The number of hydrogen-bond acceptors (Lipinski definition) is 3. The summed E-state index contributed by atoms with van der Waals surface area (Å²) < 4.78 is 5.23. The van der Waals surface area contributed by atoms with Gasteiger partial charge in [-0.05, 0) is 50.6 Å². The van der Waals surface area contributed by atoms with Crippen LogP contribution in [0.1, 0.15) is 26.3 Å². The number of benzene rings is 1. The summed E-state index contributed by atoms with van der Waals surface area (Å²) in [7, 11) is 0. The van der Waals surface area contributed by atoms with Crippen LogP contribution in [0.5, 0.6) is 0 Å². The number of H-pyrrole nitrogens is 1. The van der Waals surface area contributed by atoms with Gasteiger partial charge in [-0.3, -0.25) is 5.32 Å². The minimum absolute atomic E-state index is 0.453. The molecule has 1 aromatic carbocycles. The molecule has 3 N–H and O–H groups in total. The smallest absolute Gasteiger partial charge is 0.412 e. The highest BCUT2D eigenvalue weighted by molar-refractivity contribution is 5.85. The summed E-state index contributed by atoms with van der Waals surface area (Å²) in [6.07, 6.45) is 3.37. The maximum atomic E-state index is 11.7. The van der Waals surface area contributed by atoms with Crippen LogP contribution in [0, 0.1) is 0 Å². The second kappa shape index (κ2) is 6.35. The van der Waals surface area contributed by atoms with E-state index in [0.717, 1.165) is 12.2 Å². The van der Waals surface area contributed by atoms with E-state index in [1.807, 2.05) is 63.5 Å². The third-order valence-corrected chi connectivity index (χ3v) is 2.67. The van der Waals surface area contributed by atoms with Gasteiger partial charge in [0.25, 0.3) is 0 Å². The first-order valence-corrected chi connectivity index (χ1v) is 6.88. The molecular weight excluding hydrogens is 266 g/mol. The van der Waals surface area contributed by atoms with Gasteiger partial charge >= 0.3 is 6.09 Å². The summed E-state index contributed by atoms with van der Waals surface area (Å²) in [5, 5.41) is 6.02. The standard InChI is InChI=1S/C16H21N3O2/c1-16(2,3)21-15(20)19-14-6-4-5-13(9-14)18-11-12-7-8-17-10-12/h4-10,17-18H,11H2,1-3H3,(H,19,20). The van der Waals surface area contributed by atoms with Crippen molar-refractivity contribution in [3.8, 4) is 0 Å². The van der Waals surface area contributed by atoms with E-state index in [9.17, 15) is 4.79 Å². The fourth-order valence-corrected chi connectivity index (χ4v) is 1.80. The molecular formula is C16H21N3O2. The lowest BCUT2D eigenvalue weighted by Crippen LogP contribution is -2.27. The van der Waals surface area contributed by atoms with Gasteiger partial charge in [0.2, 0.25) is 0 Å². The number of rotatable bonds is 4. The van der Waals surface area contributed by atoms with Crippen molar-refractivity contribution >= 4 is 17.5 Å². The summed E-state index contributed by atoms with van der Waals surface area (Å²) in [5.74, 6) is 0. The normalized spacial score (nSPS) is 11.0. The Kier molecular flexibility index (Phi) is 4.52. The van der Waals surface area contributed by atoms with Crippen LogP contribution in [-0.2, 0) is 11.3 Å². The average molecular weight is 287 g/mol. The molecule has 0 aliphatic carbocycles. The second-order valence-corrected chi connectivity index (χ2v) is 5.78. The number of ether oxygens (including phenoxy) is 1. The third kappa shape index (κ3) is 5.22. The van der Waals surface area contributed by atoms with Crippen LogP contribution in [0.25, 0.3) is 0 Å². The number of carbonyl (C=O) groups is 1. The molecule has 0 saturated heterocycles. The molecule has 0 saturated carbocycles. The molecule has 0 aliphatic heterocycles. The van der Waals surface area contributed by atoms with Crippen molar-refractivity contribution in [2.24, 2.45) is 0 Å². The molecule has 1 heterocycles. The number of aromatic amines is 1. The molecule has 0 fully saturated rings. The lowest BCUT2D eigenvalue weighted by Gasteiger charge is -2.19. The highest BCUT2D eigenvalue weighted by atomic mass is 16.6. The van der Waals surface area contributed by atoms with Crippen LogP contribution in [0.4, 0.5) is 16.2 Å². The maximum absolute atomic E-state index is 11.7. The SMILES string of the molecule is CC(C)(C)OC(=O)Nc1cccc(NCc2cc[nH]c2)c1. The number of nitrogens with one attached hydrogen (secondary N) is 3. The molecule has 0 atom stereocenters. The van der Waals surface area contributed by atoms with Crippen molar-refractivity contribution < 1.29 is 9.53 Å². The molecule has 1 aromatic heterocycles. The summed E-state index contributed by atoms with van der Waals surface area (Å²) in [6.45, 7) is 6.23. The van der Waals surface area contributed by atoms with Gasteiger partial charge in [-0.15, -0.1) is 0 Å². The summed E-state index contributed by atoms with van der Waals surface area (Å²) in [5.41, 5.74) is 2.29. The minimum Gasteiger partial charge on any atom is -0.444 e. The van der Waals surface area contributed by atoms with Crippen molar-refractivity contribution in [2.75, 3.05) is 10.6 Å². The zero-order valence-electron chi connectivity index (χ0n) is 12.6. The largest absolute Gasteiger partial charge is 0.444 e. The minimum atomic E-state index is -0.506. The van der Waals surface area contributed by atoms with E-state index in [1.165, 1.54) is 5.56 Å². The average Bonchev–Trinajstić information content (AvgIpc) is 2.87. The van der Waals surface area contributed by atoms with Gasteiger partial charge in [-0.1, -0.05) is 6.07 Å². The van der Waals surface area contributed by atoms with Crippen molar-refractivity contribution in [3.05, 3.63) is 48.3 Å². The van der Waals surface area contributed by atoms with E-state index < -0.39 is 11.7 Å². The van der Waals surface area contributed by atoms with Crippen molar-refractivity contribution in [2.45, 2.75) is 32.9 Å². The van der Waals surface area contributed by atoms with Crippen LogP contribution in [-0.4, -0.2) is 16.7 Å². The highest BCUT2D eigenvalue weighted by Crippen LogP contribution is 2.17. The molecule has 0 unspecified atom stereocenters. The molecule has 0 aliphatic rings. The van der Waals surface area contributed by atoms with Crippen LogP contribution in [0.15, 0.2) is 42.7 Å². The topological polar surface area (TPSA) is 66.2 Å². The molecule has 0 spiro atoms. The van der Waals surface area contributed by atoms with E-state index in [1.54, 1.807) is 0 Å². The molecule has 2 aromatic rings. The molecule has 5 heteroatoms. The van der Waals surface area contributed by atoms with E-state index >= 15 is 0 Å². The van der Waals surface area contributed by atoms with Gasteiger partial charge < -0.3 is 15.0 Å². The molecule has 112 valence electrons. The van der Waals surface area contributed by atoms with Gasteiger partial charge in [0.1, 0.15) is 5.60 Å². The molecule has 0 radical (unpaired) electrons. The Morgan fingerprint density at radius 1 is 1.24 bits per heavy atom. The van der Waals surface area contributed by atoms with Crippen LogP contribution in [0.2, 0.25) is 0 Å². The summed E-state index contributed by atoms with van der Waals surface area (Å²) in [4.78, 5) is 14.7. The van der Waals surface area contributed by atoms with Gasteiger partial charge in [-0.25, -0.2) is 4.79 Å². The van der Waals surface area contributed by atoms with Crippen molar-refractivity contribution in [3.63, 3.8) is 0 Å². The van der Waals surface area contributed by atoms with Crippen molar-refractivity contribution in [1.29, 1.82) is 0 Å². The van der Waals surface area contributed by atoms with Gasteiger partial charge in [0, 0.05) is 30.3 Å².